The molecule has 7 nitrogen and oxygen atoms in total. The highest BCUT2D eigenvalue weighted by molar-refractivity contribution is 7.98. The Labute approximate surface area is 155 Å². The maximum Gasteiger partial charge on any atom is 0.338 e. The minimum absolute atomic E-state index is 0.0299. The lowest BCUT2D eigenvalue weighted by atomic mass is 10.2. The Hall–Kier alpha value is -2.87. The number of ether oxygens (including phenoxy) is 1. The number of likely N-dealkylation sites (N-methyl/N-ethyl adjacent to an activating group) is 1. The van der Waals surface area contributed by atoms with Crippen LogP contribution in [0.4, 0.5) is 5.69 Å². The molecule has 0 radical (unpaired) electrons. The van der Waals surface area contributed by atoms with Gasteiger partial charge in [-0.2, -0.15) is 0 Å². The van der Waals surface area contributed by atoms with Crippen molar-refractivity contribution in [3.05, 3.63) is 69.8 Å². The first kappa shape index (κ1) is 19.5. The van der Waals surface area contributed by atoms with Crippen molar-refractivity contribution in [2.24, 2.45) is 0 Å². The Morgan fingerprint density at radius 1 is 1.19 bits per heavy atom. The molecule has 0 saturated heterocycles. The number of nitro benzene ring substituents is 1. The fraction of sp³-hybridized carbons (Fsp3) is 0.222. The second-order valence-electron chi connectivity index (χ2n) is 5.48. The summed E-state index contributed by atoms with van der Waals surface area (Å²) in [5.41, 5.74) is 0.780. The van der Waals surface area contributed by atoms with Gasteiger partial charge < -0.3 is 9.64 Å². The summed E-state index contributed by atoms with van der Waals surface area (Å²) in [6.07, 6.45) is 1.99. The van der Waals surface area contributed by atoms with Gasteiger partial charge in [0, 0.05) is 30.6 Å². The number of carbonyl (C=O) groups excluding carboxylic acids is 2. The molecule has 0 unspecified atom stereocenters. The number of nitro groups is 1. The first-order valence-electron chi connectivity index (χ1n) is 7.69. The van der Waals surface area contributed by atoms with E-state index in [9.17, 15) is 19.7 Å². The van der Waals surface area contributed by atoms with Crippen LogP contribution in [0.5, 0.6) is 0 Å². The maximum absolute atomic E-state index is 12.1. The normalized spacial score (nSPS) is 10.2. The molecule has 2 rings (SSSR count). The van der Waals surface area contributed by atoms with Crippen LogP contribution < -0.4 is 0 Å². The highest BCUT2D eigenvalue weighted by Gasteiger charge is 2.16. The predicted octanol–water partition coefficient (Wildman–Crippen LogP) is 3.13. The van der Waals surface area contributed by atoms with Crippen LogP contribution in [0.15, 0.2) is 53.4 Å². The first-order valence-corrected chi connectivity index (χ1v) is 8.91. The summed E-state index contributed by atoms with van der Waals surface area (Å²) in [6, 6.07) is 13.0. The van der Waals surface area contributed by atoms with Crippen molar-refractivity contribution in [2.75, 3.05) is 19.9 Å². The van der Waals surface area contributed by atoms with E-state index in [1.807, 2.05) is 30.5 Å². The molecule has 0 aliphatic heterocycles. The Bertz CT molecular complexity index is 807. The molecule has 0 saturated carbocycles. The molecule has 2 aromatic rings. The summed E-state index contributed by atoms with van der Waals surface area (Å²) < 4.78 is 4.96. The fourth-order valence-corrected chi connectivity index (χ4v) is 2.57. The second kappa shape index (κ2) is 9.00. The largest absolute Gasteiger partial charge is 0.452 e. The molecule has 2 aromatic carbocycles. The highest BCUT2D eigenvalue weighted by atomic mass is 32.2. The van der Waals surface area contributed by atoms with E-state index in [2.05, 4.69) is 0 Å². The number of rotatable bonds is 7. The topological polar surface area (TPSA) is 89.8 Å². The Morgan fingerprint density at radius 3 is 2.50 bits per heavy atom. The number of non-ortho nitro benzene ring substituents is 1. The second-order valence-corrected chi connectivity index (χ2v) is 6.36. The van der Waals surface area contributed by atoms with Gasteiger partial charge in [-0.15, -0.1) is 11.8 Å². The van der Waals surface area contributed by atoms with Crippen LogP contribution in [0.2, 0.25) is 0 Å². The van der Waals surface area contributed by atoms with Crippen LogP contribution in [0.25, 0.3) is 0 Å². The number of benzene rings is 2. The smallest absolute Gasteiger partial charge is 0.338 e. The molecule has 1 amide bonds. The van der Waals surface area contributed by atoms with Gasteiger partial charge in [-0.05, 0) is 30.0 Å². The van der Waals surface area contributed by atoms with E-state index in [0.717, 1.165) is 16.5 Å². The Balaban J connectivity index is 1.89. The maximum atomic E-state index is 12.1. The average Bonchev–Trinajstić information content (AvgIpc) is 2.66. The molecule has 0 spiro atoms. The lowest BCUT2D eigenvalue weighted by Crippen LogP contribution is -2.30. The molecule has 8 heteroatoms. The average molecular weight is 374 g/mol. The summed E-state index contributed by atoms with van der Waals surface area (Å²) in [6.45, 7) is -0.0389. The number of esters is 1. The van der Waals surface area contributed by atoms with Crippen LogP contribution >= 0.6 is 11.8 Å². The first-order chi connectivity index (χ1) is 12.4. The van der Waals surface area contributed by atoms with Crippen LogP contribution in [0.3, 0.4) is 0 Å². The molecular weight excluding hydrogens is 356 g/mol. The van der Waals surface area contributed by atoms with Crippen molar-refractivity contribution in [3.8, 4) is 0 Å². The third kappa shape index (κ3) is 5.32. The van der Waals surface area contributed by atoms with Crippen molar-refractivity contribution in [3.63, 3.8) is 0 Å². The van der Waals surface area contributed by atoms with Gasteiger partial charge in [0.05, 0.1) is 10.5 Å². The summed E-state index contributed by atoms with van der Waals surface area (Å²) in [5.74, 6) is -1.14. The summed E-state index contributed by atoms with van der Waals surface area (Å²) >= 11 is 1.63. The molecule has 26 heavy (non-hydrogen) atoms. The lowest BCUT2D eigenvalue weighted by molar-refractivity contribution is -0.384. The predicted molar refractivity (Wildman–Crippen MR) is 98.1 cm³/mol. The minimum atomic E-state index is -0.778. The van der Waals surface area contributed by atoms with E-state index in [-0.39, 0.29) is 17.2 Å². The summed E-state index contributed by atoms with van der Waals surface area (Å²) in [5, 5.41) is 10.7. The molecule has 0 bridgehead atoms. The van der Waals surface area contributed by atoms with Gasteiger partial charge in [-0.25, -0.2) is 4.79 Å². The van der Waals surface area contributed by atoms with Gasteiger partial charge in [-0.1, -0.05) is 18.2 Å². The van der Waals surface area contributed by atoms with E-state index >= 15 is 0 Å². The Morgan fingerprint density at radius 2 is 1.88 bits per heavy atom. The van der Waals surface area contributed by atoms with Gasteiger partial charge in [0.25, 0.3) is 11.6 Å². The molecule has 0 aliphatic rings. The van der Waals surface area contributed by atoms with Gasteiger partial charge in [0.15, 0.2) is 6.61 Å². The van der Waals surface area contributed by atoms with Crippen LogP contribution in [0, 0.1) is 10.1 Å². The molecule has 0 atom stereocenters. The summed E-state index contributed by atoms with van der Waals surface area (Å²) in [7, 11) is 1.62. The third-order valence-electron chi connectivity index (χ3n) is 3.62. The molecule has 136 valence electrons. The van der Waals surface area contributed by atoms with E-state index in [1.54, 1.807) is 18.8 Å². The van der Waals surface area contributed by atoms with Gasteiger partial charge in [0.1, 0.15) is 0 Å². The number of nitrogens with zero attached hydrogens (tertiary/aromatic N) is 2. The van der Waals surface area contributed by atoms with E-state index in [0.29, 0.717) is 6.54 Å². The lowest BCUT2D eigenvalue weighted by Gasteiger charge is -2.17. The van der Waals surface area contributed by atoms with Crippen molar-refractivity contribution in [2.45, 2.75) is 11.4 Å². The van der Waals surface area contributed by atoms with Gasteiger partial charge in [0.2, 0.25) is 0 Å². The number of carbonyl (C=O) groups is 2. The third-order valence-corrected chi connectivity index (χ3v) is 4.37. The van der Waals surface area contributed by atoms with Crippen molar-refractivity contribution in [1.82, 2.24) is 4.90 Å². The van der Waals surface area contributed by atoms with Crippen molar-refractivity contribution >= 4 is 29.3 Å². The zero-order chi connectivity index (χ0) is 19.1. The standard InChI is InChI=1S/C18H18N2O5S/c1-19(11-13-6-8-16(26-2)9-7-13)17(21)12-25-18(22)14-4-3-5-15(10-14)20(23)24/h3-10H,11-12H2,1-2H3. The quantitative estimate of drug-likeness (QED) is 0.320. The van der Waals surface area contributed by atoms with Gasteiger partial charge >= 0.3 is 5.97 Å². The number of hydrogen-bond acceptors (Lipinski definition) is 6. The fourth-order valence-electron chi connectivity index (χ4n) is 2.16. The highest BCUT2D eigenvalue weighted by Crippen LogP contribution is 2.16. The van der Waals surface area contributed by atoms with E-state index in [1.165, 1.54) is 23.1 Å². The number of hydrogen-bond donors (Lipinski definition) is 0. The minimum Gasteiger partial charge on any atom is -0.452 e. The van der Waals surface area contributed by atoms with Crippen LogP contribution in [-0.4, -0.2) is 41.6 Å². The molecule has 0 fully saturated rings. The van der Waals surface area contributed by atoms with Crippen molar-refractivity contribution in [1.29, 1.82) is 0 Å². The van der Waals surface area contributed by atoms with Gasteiger partial charge in [-0.3, -0.25) is 14.9 Å². The molecule has 0 N–H and O–H groups in total. The SMILES string of the molecule is CSc1ccc(CN(C)C(=O)COC(=O)c2cccc([N+](=O)[O-])c2)cc1. The zero-order valence-electron chi connectivity index (χ0n) is 14.4. The van der Waals surface area contributed by atoms with Crippen LogP contribution in [-0.2, 0) is 16.1 Å². The molecule has 0 heterocycles. The molecule has 0 aromatic heterocycles. The zero-order valence-corrected chi connectivity index (χ0v) is 15.2. The van der Waals surface area contributed by atoms with E-state index in [4.69, 9.17) is 4.74 Å². The number of thioether (sulfide) groups is 1. The number of amides is 1. The van der Waals surface area contributed by atoms with Crippen molar-refractivity contribution < 1.29 is 19.2 Å². The molecular formula is C18H18N2O5S. The monoisotopic (exact) mass is 374 g/mol. The Kier molecular flexibility index (Phi) is 6.74. The molecule has 0 aliphatic carbocycles. The van der Waals surface area contributed by atoms with E-state index < -0.39 is 17.5 Å². The van der Waals surface area contributed by atoms with Crippen LogP contribution in [0.1, 0.15) is 15.9 Å². The summed E-state index contributed by atoms with van der Waals surface area (Å²) in [4.78, 5) is 36.8.